The first-order valence-electron chi connectivity index (χ1n) is 7.97. The molecule has 3 rings (SSSR count). The van der Waals surface area contributed by atoms with Crippen LogP contribution in [0.3, 0.4) is 0 Å². The third kappa shape index (κ3) is 2.84. The fourth-order valence-corrected chi connectivity index (χ4v) is 2.73. The van der Waals surface area contributed by atoms with E-state index in [-0.39, 0.29) is 29.5 Å². The van der Waals surface area contributed by atoms with Crippen molar-refractivity contribution in [3.05, 3.63) is 11.8 Å². The Hall–Kier alpha value is -1.92. The summed E-state index contributed by atoms with van der Waals surface area (Å²) in [6, 6.07) is 0. The Morgan fingerprint density at radius 3 is 2.23 bits per heavy atom. The van der Waals surface area contributed by atoms with E-state index in [1.54, 1.807) is 4.90 Å². The van der Waals surface area contributed by atoms with Crippen LogP contribution in [0.2, 0.25) is 0 Å². The second-order valence-corrected chi connectivity index (χ2v) is 6.35. The molecule has 0 N–H and O–H groups in total. The Morgan fingerprint density at radius 2 is 1.73 bits per heavy atom. The summed E-state index contributed by atoms with van der Waals surface area (Å²) in [5.41, 5.74) is 0. The van der Waals surface area contributed by atoms with E-state index in [4.69, 9.17) is 4.42 Å². The van der Waals surface area contributed by atoms with Crippen LogP contribution >= 0.6 is 0 Å². The minimum Gasteiger partial charge on any atom is -0.417 e. The second kappa shape index (κ2) is 6.06. The summed E-state index contributed by atoms with van der Waals surface area (Å²) in [7, 11) is 0. The van der Waals surface area contributed by atoms with E-state index in [1.807, 2.05) is 18.7 Å². The molecular formula is C15H22N4O3. The van der Waals surface area contributed by atoms with Crippen molar-refractivity contribution < 1.29 is 14.0 Å². The second-order valence-electron chi connectivity index (χ2n) is 6.35. The summed E-state index contributed by atoms with van der Waals surface area (Å²) in [5, 5.41) is 7.72. The highest BCUT2D eigenvalue weighted by Crippen LogP contribution is 2.28. The predicted octanol–water partition coefficient (Wildman–Crippen LogP) is 1.28. The van der Waals surface area contributed by atoms with Crippen LogP contribution in [0.1, 0.15) is 55.6 Å². The van der Waals surface area contributed by atoms with Gasteiger partial charge in [-0.1, -0.05) is 20.3 Å². The van der Waals surface area contributed by atoms with Gasteiger partial charge in [0.15, 0.2) is 0 Å². The molecule has 2 heterocycles. The molecule has 1 aliphatic heterocycles. The van der Waals surface area contributed by atoms with Crippen LogP contribution in [0.15, 0.2) is 4.42 Å². The summed E-state index contributed by atoms with van der Waals surface area (Å²) in [4.78, 5) is 28.1. The van der Waals surface area contributed by atoms with Gasteiger partial charge in [-0.15, -0.1) is 10.2 Å². The van der Waals surface area contributed by atoms with Crippen LogP contribution in [0.25, 0.3) is 0 Å². The van der Waals surface area contributed by atoms with Gasteiger partial charge in [0.05, 0.1) is 0 Å². The molecule has 2 aliphatic rings. The van der Waals surface area contributed by atoms with E-state index in [2.05, 4.69) is 10.2 Å². The molecule has 0 spiro atoms. The van der Waals surface area contributed by atoms with E-state index < -0.39 is 0 Å². The number of amides is 2. The van der Waals surface area contributed by atoms with Gasteiger partial charge in [0.1, 0.15) is 0 Å². The van der Waals surface area contributed by atoms with Gasteiger partial charge in [-0.25, -0.2) is 0 Å². The van der Waals surface area contributed by atoms with E-state index in [9.17, 15) is 9.59 Å². The summed E-state index contributed by atoms with van der Waals surface area (Å²) < 4.78 is 5.41. The predicted molar refractivity (Wildman–Crippen MR) is 78.2 cm³/mol. The van der Waals surface area contributed by atoms with Crippen molar-refractivity contribution in [2.45, 2.75) is 39.0 Å². The zero-order chi connectivity index (χ0) is 15.7. The van der Waals surface area contributed by atoms with E-state index in [1.165, 1.54) is 0 Å². The van der Waals surface area contributed by atoms with Crippen LogP contribution in [-0.4, -0.2) is 58.0 Å². The number of carbonyl (C=O) groups is 2. The van der Waals surface area contributed by atoms with Crippen molar-refractivity contribution in [3.63, 3.8) is 0 Å². The average Bonchev–Trinajstić information content (AvgIpc) is 2.95. The molecule has 1 aliphatic carbocycles. The summed E-state index contributed by atoms with van der Waals surface area (Å²) in [6.07, 6.45) is 3.18. The van der Waals surface area contributed by atoms with E-state index in [0.29, 0.717) is 32.1 Å². The zero-order valence-corrected chi connectivity index (χ0v) is 13.1. The summed E-state index contributed by atoms with van der Waals surface area (Å²) in [5.74, 6) is 0.843. The largest absolute Gasteiger partial charge is 0.417 e. The van der Waals surface area contributed by atoms with Crippen LogP contribution in [0.4, 0.5) is 0 Å². The number of hydrogen-bond donors (Lipinski definition) is 0. The van der Waals surface area contributed by atoms with Gasteiger partial charge >= 0.3 is 11.8 Å². The van der Waals surface area contributed by atoms with Gasteiger partial charge in [0, 0.05) is 38.0 Å². The molecule has 1 saturated heterocycles. The fourth-order valence-electron chi connectivity index (χ4n) is 2.73. The number of carbonyl (C=O) groups excluding carboxylic acids is 2. The lowest BCUT2D eigenvalue weighted by Crippen LogP contribution is -2.52. The van der Waals surface area contributed by atoms with Crippen LogP contribution in [0.5, 0.6) is 0 Å². The SMILES string of the molecule is CC(C)c1nnc(C(=O)N2CCN(C(=O)C3CCC3)CC2)o1. The minimum absolute atomic E-state index is 0.0440. The van der Waals surface area contributed by atoms with Crippen molar-refractivity contribution in [3.8, 4) is 0 Å². The third-order valence-corrected chi connectivity index (χ3v) is 4.45. The molecule has 2 amide bonds. The van der Waals surface area contributed by atoms with Crippen molar-refractivity contribution in [1.29, 1.82) is 0 Å². The molecule has 7 nitrogen and oxygen atoms in total. The Morgan fingerprint density at radius 1 is 1.09 bits per heavy atom. The quantitative estimate of drug-likeness (QED) is 0.840. The average molecular weight is 306 g/mol. The lowest BCUT2D eigenvalue weighted by molar-refractivity contribution is -0.139. The third-order valence-electron chi connectivity index (χ3n) is 4.45. The molecule has 120 valence electrons. The molecule has 0 radical (unpaired) electrons. The van der Waals surface area contributed by atoms with Crippen molar-refractivity contribution >= 4 is 11.8 Å². The van der Waals surface area contributed by atoms with Crippen LogP contribution in [-0.2, 0) is 4.79 Å². The zero-order valence-electron chi connectivity index (χ0n) is 13.1. The number of hydrogen-bond acceptors (Lipinski definition) is 5. The van der Waals surface area contributed by atoms with Gasteiger partial charge in [0.2, 0.25) is 11.8 Å². The molecule has 0 atom stereocenters. The van der Waals surface area contributed by atoms with Crippen LogP contribution in [0, 0.1) is 5.92 Å². The molecule has 22 heavy (non-hydrogen) atoms. The molecule has 1 aromatic heterocycles. The molecule has 1 aromatic rings. The molecular weight excluding hydrogens is 284 g/mol. The highest BCUT2D eigenvalue weighted by molar-refractivity contribution is 5.89. The van der Waals surface area contributed by atoms with E-state index in [0.717, 1.165) is 19.3 Å². The Balaban J connectivity index is 1.56. The first kappa shape index (κ1) is 15.0. The molecule has 0 aromatic carbocycles. The van der Waals surface area contributed by atoms with E-state index >= 15 is 0 Å². The Bertz CT molecular complexity index is 557. The van der Waals surface area contributed by atoms with Gasteiger partial charge in [-0.2, -0.15) is 0 Å². The Labute approximate surface area is 129 Å². The number of piperazine rings is 1. The standard InChI is InChI=1S/C15H22N4O3/c1-10(2)12-16-17-13(22-12)15(21)19-8-6-18(7-9-19)14(20)11-4-3-5-11/h10-11H,3-9H2,1-2H3. The molecule has 7 heteroatoms. The highest BCUT2D eigenvalue weighted by Gasteiger charge is 2.33. The maximum absolute atomic E-state index is 12.3. The number of nitrogens with zero attached hydrogens (tertiary/aromatic N) is 4. The van der Waals surface area contributed by atoms with Gasteiger partial charge in [-0.05, 0) is 12.8 Å². The highest BCUT2D eigenvalue weighted by atomic mass is 16.4. The van der Waals surface area contributed by atoms with Gasteiger partial charge < -0.3 is 14.2 Å². The lowest BCUT2D eigenvalue weighted by atomic mass is 9.84. The van der Waals surface area contributed by atoms with Crippen molar-refractivity contribution in [2.24, 2.45) is 5.92 Å². The Kier molecular flexibility index (Phi) is 4.13. The minimum atomic E-state index is -0.241. The first-order valence-corrected chi connectivity index (χ1v) is 7.97. The van der Waals surface area contributed by atoms with Crippen molar-refractivity contribution in [1.82, 2.24) is 20.0 Å². The van der Waals surface area contributed by atoms with Gasteiger partial charge in [-0.3, -0.25) is 9.59 Å². The summed E-state index contributed by atoms with van der Waals surface area (Å²) in [6.45, 7) is 6.10. The monoisotopic (exact) mass is 306 g/mol. The maximum Gasteiger partial charge on any atom is 0.311 e. The smallest absolute Gasteiger partial charge is 0.311 e. The topological polar surface area (TPSA) is 79.5 Å². The molecule has 1 saturated carbocycles. The molecule has 0 unspecified atom stereocenters. The van der Waals surface area contributed by atoms with Crippen LogP contribution < -0.4 is 0 Å². The first-order chi connectivity index (χ1) is 10.6. The number of rotatable bonds is 3. The maximum atomic E-state index is 12.3. The molecule has 0 bridgehead atoms. The summed E-state index contributed by atoms with van der Waals surface area (Å²) >= 11 is 0. The molecule has 2 fully saturated rings. The number of aromatic nitrogens is 2. The van der Waals surface area contributed by atoms with Gasteiger partial charge in [0.25, 0.3) is 0 Å². The lowest BCUT2D eigenvalue weighted by Gasteiger charge is -2.37. The normalized spacial score (nSPS) is 19.4. The van der Waals surface area contributed by atoms with Crippen molar-refractivity contribution in [2.75, 3.05) is 26.2 Å². The fraction of sp³-hybridized carbons (Fsp3) is 0.733.